The van der Waals surface area contributed by atoms with E-state index >= 15 is 0 Å². The van der Waals surface area contributed by atoms with Gasteiger partial charge >= 0.3 is 0 Å². The normalized spacial score (nSPS) is 24.1. The molecule has 2 aromatic carbocycles. The maximum absolute atomic E-state index is 10.8. The lowest BCUT2D eigenvalue weighted by Crippen LogP contribution is -2.53. The molecule has 1 N–H and O–H groups in total. The molecule has 4 rings (SSSR count). The highest BCUT2D eigenvalue weighted by Crippen LogP contribution is 2.52. The first-order chi connectivity index (χ1) is 13.0. The van der Waals surface area contributed by atoms with Crippen molar-refractivity contribution >= 4 is 5.69 Å². The Labute approximate surface area is 158 Å². The van der Waals surface area contributed by atoms with E-state index in [2.05, 4.69) is 17.9 Å². The van der Waals surface area contributed by atoms with Crippen LogP contribution in [0.1, 0.15) is 30.9 Å². The number of likely N-dealkylation sites (tertiary alicyclic amines) is 1. The lowest BCUT2D eigenvalue weighted by Gasteiger charge is -2.42. The van der Waals surface area contributed by atoms with E-state index in [9.17, 15) is 15.2 Å². The van der Waals surface area contributed by atoms with Crippen molar-refractivity contribution in [1.29, 1.82) is 0 Å². The molecule has 0 amide bonds. The number of hydrogen-bond donors (Lipinski definition) is 1. The average molecular weight is 368 g/mol. The largest absolute Gasteiger partial charge is 0.504 e. The van der Waals surface area contributed by atoms with Gasteiger partial charge in [-0.3, -0.25) is 15.0 Å². The molecule has 0 unspecified atom stereocenters. The number of nitro groups is 1. The molecule has 0 spiro atoms. The van der Waals surface area contributed by atoms with Crippen LogP contribution in [0.15, 0.2) is 42.5 Å². The van der Waals surface area contributed by atoms with Gasteiger partial charge in [0.25, 0.3) is 5.69 Å². The van der Waals surface area contributed by atoms with E-state index in [4.69, 9.17) is 4.74 Å². The number of phenolic OH excluding ortho intramolecular Hbond substituents is 1. The van der Waals surface area contributed by atoms with Crippen LogP contribution < -0.4 is 4.74 Å². The van der Waals surface area contributed by atoms with E-state index in [1.165, 1.54) is 0 Å². The minimum atomic E-state index is -0.372. The summed E-state index contributed by atoms with van der Waals surface area (Å²) < 4.78 is 6.19. The molecule has 0 bridgehead atoms. The lowest BCUT2D eigenvalue weighted by molar-refractivity contribution is -0.384. The Kier molecular flexibility index (Phi) is 4.52. The second-order valence-corrected chi connectivity index (χ2v) is 7.49. The first-order valence-electron chi connectivity index (χ1n) is 9.48. The Balaban J connectivity index is 1.43. The predicted octanol–water partition coefficient (Wildman–Crippen LogP) is 3.66. The quantitative estimate of drug-likeness (QED) is 0.644. The van der Waals surface area contributed by atoms with Gasteiger partial charge in [0, 0.05) is 36.2 Å². The number of non-ortho nitro benzene ring substituents is 1. The number of benzene rings is 2. The van der Waals surface area contributed by atoms with E-state index in [1.807, 2.05) is 18.2 Å². The van der Waals surface area contributed by atoms with Gasteiger partial charge < -0.3 is 9.84 Å². The van der Waals surface area contributed by atoms with Crippen molar-refractivity contribution in [2.45, 2.75) is 37.7 Å². The fourth-order valence-electron chi connectivity index (χ4n) is 4.53. The SMILES string of the molecule is CC[C@@]12CCN(CCc3ccc([N+](=O)[O-])cc3)C[C@@H]1Oc1c(O)cccc12. The van der Waals surface area contributed by atoms with Gasteiger partial charge in [-0.15, -0.1) is 0 Å². The third-order valence-corrected chi connectivity index (χ3v) is 6.20. The van der Waals surface area contributed by atoms with Gasteiger partial charge in [0.05, 0.1) is 4.92 Å². The molecule has 2 aromatic rings. The molecular weight excluding hydrogens is 344 g/mol. The molecule has 0 aliphatic carbocycles. The highest BCUT2D eigenvalue weighted by Gasteiger charge is 2.51. The van der Waals surface area contributed by atoms with Gasteiger partial charge in [-0.2, -0.15) is 0 Å². The fourth-order valence-corrected chi connectivity index (χ4v) is 4.53. The molecule has 2 heterocycles. The number of hydrogen-bond acceptors (Lipinski definition) is 5. The molecule has 2 atom stereocenters. The zero-order valence-corrected chi connectivity index (χ0v) is 15.4. The number of nitrogens with zero attached hydrogens (tertiary/aromatic N) is 2. The van der Waals surface area contributed by atoms with Crippen LogP contribution in [0.3, 0.4) is 0 Å². The van der Waals surface area contributed by atoms with Crippen molar-refractivity contribution in [1.82, 2.24) is 4.90 Å². The van der Waals surface area contributed by atoms with E-state index < -0.39 is 0 Å². The Morgan fingerprint density at radius 2 is 2.07 bits per heavy atom. The molecular formula is C21H24N2O4. The number of aromatic hydroxyl groups is 1. The third kappa shape index (κ3) is 3.04. The van der Waals surface area contributed by atoms with Crippen molar-refractivity contribution in [2.24, 2.45) is 0 Å². The molecule has 6 heteroatoms. The molecule has 142 valence electrons. The van der Waals surface area contributed by atoms with Gasteiger partial charge in [-0.05, 0) is 37.4 Å². The van der Waals surface area contributed by atoms with Crippen LogP contribution in [-0.2, 0) is 11.8 Å². The number of phenols is 1. The van der Waals surface area contributed by atoms with Crippen LogP contribution in [-0.4, -0.2) is 40.7 Å². The minimum absolute atomic E-state index is 0.0159. The molecule has 27 heavy (non-hydrogen) atoms. The van der Waals surface area contributed by atoms with Crippen molar-refractivity contribution < 1.29 is 14.8 Å². The van der Waals surface area contributed by atoms with Crippen LogP contribution in [0, 0.1) is 10.1 Å². The topological polar surface area (TPSA) is 75.8 Å². The Bertz CT molecular complexity index is 852. The number of fused-ring (bicyclic) bond motifs is 3. The van der Waals surface area contributed by atoms with Crippen LogP contribution in [0.4, 0.5) is 5.69 Å². The summed E-state index contributed by atoms with van der Waals surface area (Å²) in [5.41, 5.74) is 2.35. The highest BCUT2D eigenvalue weighted by atomic mass is 16.6. The first-order valence-corrected chi connectivity index (χ1v) is 9.48. The van der Waals surface area contributed by atoms with Crippen LogP contribution in [0.2, 0.25) is 0 Å². The van der Waals surface area contributed by atoms with Crippen molar-refractivity contribution in [3.8, 4) is 11.5 Å². The molecule has 0 radical (unpaired) electrons. The molecule has 2 aliphatic rings. The van der Waals surface area contributed by atoms with Crippen molar-refractivity contribution in [3.05, 3.63) is 63.7 Å². The first kappa shape index (κ1) is 17.8. The summed E-state index contributed by atoms with van der Waals surface area (Å²) in [6.45, 7) is 4.90. The van der Waals surface area contributed by atoms with Gasteiger partial charge in [-0.1, -0.05) is 31.2 Å². The smallest absolute Gasteiger partial charge is 0.269 e. The Morgan fingerprint density at radius 1 is 1.30 bits per heavy atom. The Morgan fingerprint density at radius 3 is 2.78 bits per heavy atom. The predicted molar refractivity (Wildman–Crippen MR) is 102 cm³/mol. The van der Waals surface area contributed by atoms with Crippen molar-refractivity contribution in [2.75, 3.05) is 19.6 Å². The number of piperidine rings is 1. The second kappa shape index (κ2) is 6.85. The van der Waals surface area contributed by atoms with E-state index in [-0.39, 0.29) is 27.9 Å². The summed E-state index contributed by atoms with van der Waals surface area (Å²) in [4.78, 5) is 12.8. The molecule has 0 saturated carbocycles. The molecule has 1 saturated heterocycles. The number of nitro benzene ring substituents is 1. The molecule has 6 nitrogen and oxygen atoms in total. The lowest BCUT2D eigenvalue weighted by atomic mass is 9.70. The minimum Gasteiger partial charge on any atom is -0.504 e. The maximum Gasteiger partial charge on any atom is 0.269 e. The highest BCUT2D eigenvalue weighted by molar-refractivity contribution is 5.53. The fraction of sp³-hybridized carbons (Fsp3) is 0.429. The molecule has 1 fully saturated rings. The summed E-state index contributed by atoms with van der Waals surface area (Å²) >= 11 is 0. The van der Waals surface area contributed by atoms with E-state index in [0.29, 0.717) is 5.75 Å². The summed E-state index contributed by atoms with van der Waals surface area (Å²) in [5.74, 6) is 0.883. The Hall–Kier alpha value is -2.60. The van der Waals surface area contributed by atoms with Gasteiger partial charge in [0.2, 0.25) is 0 Å². The molecule has 0 aromatic heterocycles. The zero-order valence-electron chi connectivity index (χ0n) is 15.4. The molecule has 2 aliphatic heterocycles. The van der Waals surface area contributed by atoms with Crippen LogP contribution in [0.5, 0.6) is 11.5 Å². The maximum atomic E-state index is 10.8. The van der Waals surface area contributed by atoms with Crippen LogP contribution in [0.25, 0.3) is 0 Å². The third-order valence-electron chi connectivity index (χ3n) is 6.20. The summed E-state index contributed by atoms with van der Waals surface area (Å²) in [5, 5.41) is 20.9. The van der Waals surface area contributed by atoms with Crippen molar-refractivity contribution in [3.63, 3.8) is 0 Å². The summed E-state index contributed by atoms with van der Waals surface area (Å²) in [6.07, 6.45) is 2.90. The average Bonchev–Trinajstić information content (AvgIpc) is 3.02. The zero-order chi connectivity index (χ0) is 19.0. The van der Waals surface area contributed by atoms with Gasteiger partial charge in [-0.25, -0.2) is 0 Å². The number of rotatable bonds is 5. The number of ether oxygens (including phenoxy) is 1. The summed E-state index contributed by atoms with van der Waals surface area (Å²) in [7, 11) is 0. The summed E-state index contributed by atoms with van der Waals surface area (Å²) in [6, 6.07) is 12.5. The number of para-hydroxylation sites is 1. The van der Waals surface area contributed by atoms with Gasteiger partial charge in [0.15, 0.2) is 11.5 Å². The van der Waals surface area contributed by atoms with Gasteiger partial charge in [0.1, 0.15) is 6.10 Å². The van der Waals surface area contributed by atoms with E-state index in [0.717, 1.165) is 50.0 Å². The van der Waals surface area contributed by atoms with E-state index in [1.54, 1.807) is 18.2 Å². The van der Waals surface area contributed by atoms with Crippen LogP contribution >= 0.6 is 0 Å². The second-order valence-electron chi connectivity index (χ2n) is 7.49. The standard InChI is InChI=1S/C21H24N2O4/c1-2-21-11-13-22(12-10-15-6-8-16(9-7-15)23(25)26)14-19(21)27-20-17(21)4-3-5-18(20)24/h3-9,19,24H,2,10-14H2,1H3/t19-,21-/m0/s1. The monoisotopic (exact) mass is 368 g/mol.